The first kappa shape index (κ1) is 21.1. The largest absolute Gasteiger partial charge is 0.344 e. The van der Waals surface area contributed by atoms with Gasteiger partial charge in [-0.1, -0.05) is 67.6 Å². The summed E-state index contributed by atoms with van der Waals surface area (Å²) in [4.78, 5) is 25.5. The van der Waals surface area contributed by atoms with Crippen LogP contribution in [0.1, 0.15) is 19.4 Å². The molecule has 2 aromatic heterocycles. The Morgan fingerprint density at radius 1 is 1.03 bits per heavy atom. The molecule has 1 atom stereocenters. The lowest BCUT2D eigenvalue weighted by Gasteiger charge is -2.21. The van der Waals surface area contributed by atoms with E-state index in [0.29, 0.717) is 5.13 Å². The van der Waals surface area contributed by atoms with Crippen LogP contribution in [0.3, 0.4) is 0 Å². The number of benzene rings is 2. The Kier molecular flexibility index (Phi) is 6.39. The van der Waals surface area contributed by atoms with E-state index in [0.717, 1.165) is 26.9 Å². The molecule has 2 amide bonds. The van der Waals surface area contributed by atoms with Crippen LogP contribution in [0.15, 0.2) is 59.3 Å². The molecule has 1 unspecified atom stereocenters. The molecule has 2 heterocycles. The molecule has 4 rings (SSSR count). The molecular formula is C23H22N4O2S2. The third-order valence-electron chi connectivity index (χ3n) is 4.87. The maximum Gasteiger partial charge on any atom is 0.249 e. The standard InChI is InChI=1S/C23H22N4O2S2/c1-14(2)20(21(29)25-23-27-26-22(31-23)18-9-10-30-13-18)24-19(28)12-15-7-8-16-5-3-4-6-17(16)11-15/h3-11,13-14,20H,12H2,1-2H3,(H,24,28)(H,25,27,29). The lowest BCUT2D eigenvalue weighted by Crippen LogP contribution is -2.47. The van der Waals surface area contributed by atoms with Gasteiger partial charge in [-0.15, -0.1) is 10.2 Å². The number of hydrogen-bond donors (Lipinski definition) is 2. The van der Waals surface area contributed by atoms with Gasteiger partial charge in [0.25, 0.3) is 0 Å². The summed E-state index contributed by atoms with van der Waals surface area (Å²) in [6, 6.07) is 15.3. The zero-order chi connectivity index (χ0) is 21.8. The zero-order valence-corrected chi connectivity index (χ0v) is 18.8. The lowest BCUT2D eigenvalue weighted by molar-refractivity contribution is -0.127. The fraction of sp³-hybridized carbons (Fsp3) is 0.217. The van der Waals surface area contributed by atoms with E-state index in [2.05, 4.69) is 20.8 Å². The fourth-order valence-electron chi connectivity index (χ4n) is 3.25. The number of carbonyl (C=O) groups excluding carboxylic acids is 2. The van der Waals surface area contributed by atoms with Crippen molar-refractivity contribution >= 4 is 50.4 Å². The average Bonchev–Trinajstić information content (AvgIpc) is 3.43. The summed E-state index contributed by atoms with van der Waals surface area (Å²) in [7, 11) is 0. The summed E-state index contributed by atoms with van der Waals surface area (Å²) < 4.78 is 0. The van der Waals surface area contributed by atoms with Gasteiger partial charge in [0, 0.05) is 10.9 Å². The van der Waals surface area contributed by atoms with Crippen LogP contribution in [0.5, 0.6) is 0 Å². The van der Waals surface area contributed by atoms with E-state index in [4.69, 9.17) is 0 Å². The van der Waals surface area contributed by atoms with Crippen LogP contribution in [-0.4, -0.2) is 28.1 Å². The molecule has 0 aliphatic rings. The quantitative estimate of drug-likeness (QED) is 0.426. The van der Waals surface area contributed by atoms with Crippen molar-refractivity contribution in [1.82, 2.24) is 15.5 Å². The van der Waals surface area contributed by atoms with E-state index in [1.54, 1.807) is 11.3 Å². The number of carbonyl (C=O) groups is 2. The number of nitrogens with one attached hydrogen (secondary N) is 2. The van der Waals surface area contributed by atoms with E-state index in [-0.39, 0.29) is 24.2 Å². The van der Waals surface area contributed by atoms with E-state index in [9.17, 15) is 9.59 Å². The van der Waals surface area contributed by atoms with Crippen molar-refractivity contribution in [3.05, 3.63) is 64.9 Å². The summed E-state index contributed by atoms with van der Waals surface area (Å²) in [5.74, 6) is -0.569. The third kappa shape index (κ3) is 5.15. The molecule has 0 aliphatic heterocycles. The van der Waals surface area contributed by atoms with Crippen molar-refractivity contribution in [1.29, 1.82) is 0 Å². The van der Waals surface area contributed by atoms with Crippen LogP contribution >= 0.6 is 22.7 Å². The highest BCUT2D eigenvalue weighted by molar-refractivity contribution is 7.19. The van der Waals surface area contributed by atoms with Gasteiger partial charge in [-0.05, 0) is 33.7 Å². The van der Waals surface area contributed by atoms with Gasteiger partial charge in [-0.25, -0.2) is 0 Å². The Hall–Kier alpha value is -3.10. The first-order valence-corrected chi connectivity index (χ1v) is 11.7. The average molecular weight is 451 g/mol. The number of hydrogen-bond acceptors (Lipinski definition) is 6. The molecule has 6 nitrogen and oxygen atoms in total. The van der Waals surface area contributed by atoms with E-state index in [1.807, 2.05) is 73.1 Å². The molecule has 2 N–H and O–H groups in total. The minimum absolute atomic E-state index is 0.0789. The minimum Gasteiger partial charge on any atom is -0.344 e. The molecule has 8 heteroatoms. The van der Waals surface area contributed by atoms with Crippen LogP contribution in [-0.2, 0) is 16.0 Å². The highest BCUT2D eigenvalue weighted by Crippen LogP contribution is 2.28. The Balaban J connectivity index is 1.40. The monoisotopic (exact) mass is 450 g/mol. The molecule has 0 saturated carbocycles. The topological polar surface area (TPSA) is 84.0 Å². The smallest absolute Gasteiger partial charge is 0.249 e. The number of rotatable bonds is 7. The second-order valence-corrected chi connectivity index (χ2v) is 9.32. The van der Waals surface area contributed by atoms with Crippen LogP contribution < -0.4 is 10.6 Å². The molecule has 0 saturated heterocycles. The molecule has 0 spiro atoms. The van der Waals surface area contributed by atoms with Crippen LogP contribution in [0.25, 0.3) is 21.3 Å². The zero-order valence-electron chi connectivity index (χ0n) is 17.2. The molecule has 4 aromatic rings. The second-order valence-electron chi connectivity index (χ2n) is 7.56. The summed E-state index contributed by atoms with van der Waals surface area (Å²) in [6.07, 6.45) is 0.211. The van der Waals surface area contributed by atoms with Crippen molar-refractivity contribution < 1.29 is 9.59 Å². The number of nitrogens with zero attached hydrogens (tertiary/aromatic N) is 2. The number of anilines is 1. The maximum atomic E-state index is 12.8. The third-order valence-corrected chi connectivity index (χ3v) is 6.44. The first-order valence-electron chi connectivity index (χ1n) is 9.93. The van der Waals surface area contributed by atoms with Gasteiger partial charge >= 0.3 is 0 Å². The van der Waals surface area contributed by atoms with Gasteiger partial charge in [-0.2, -0.15) is 11.3 Å². The highest BCUT2D eigenvalue weighted by Gasteiger charge is 2.25. The molecule has 0 fully saturated rings. The van der Waals surface area contributed by atoms with Gasteiger partial charge in [0.2, 0.25) is 16.9 Å². The predicted molar refractivity (Wildman–Crippen MR) is 126 cm³/mol. The van der Waals surface area contributed by atoms with Crippen molar-refractivity contribution in [2.24, 2.45) is 5.92 Å². The van der Waals surface area contributed by atoms with Gasteiger partial charge < -0.3 is 5.32 Å². The predicted octanol–water partition coefficient (Wildman–Crippen LogP) is 4.74. The number of thiophene rings is 1. The second kappa shape index (κ2) is 9.36. The summed E-state index contributed by atoms with van der Waals surface area (Å²) in [5.41, 5.74) is 1.88. The van der Waals surface area contributed by atoms with Gasteiger partial charge in [0.15, 0.2) is 0 Å². The summed E-state index contributed by atoms with van der Waals surface area (Å²) in [6.45, 7) is 3.80. The normalized spacial score (nSPS) is 12.1. The van der Waals surface area contributed by atoms with Crippen LogP contribution in [0.4, 0.5) is 5.13 Å². The molecule has 158 valence electrons. The summed E-state index contributed by atoms with van der Waals surface area (Å²) >= 11 is 2.89. The van der Waals surface area contributed by atoms with Gasteiger partial charge in [0.1, 0.15) is 11.0 Å². The molecule has 2 aromatic carbocycles. The SMILES string of the molecule is CC(C)C(NC(=O)Cc1ccc2ccccc2c1)C(=O)Nc1nnc(-c2ccsc2)s1. The van der Waals surface area contributed by atoms with E-state index >= 15 is 0 Å². The van der Waals surface area contributed by atoms with E-state index < -0.39 is 6.04 Å². The maximum absolute atomic E-state index is 12.8. The van der Waals surface area contributed by atoms with Crippen LogP contribution in [0, 0.1) is 5.92 Å². The van der Waals surface area contributed by atoms with Crippen molar-refractivity contribution in [3.8, 4) is 10.6 Å². The fourth-order valence-corrected chi connectivity index (χ4v) is 4.71. The molecule has 0 bridgehead atoms. The van der Waals surface area contributed by atoms with E-state index in [1.165, 1.54) is 11.3 Å². The number of aromatic nitrogens is 2. The lowest BCUT2D eigenvalue weighted by atomic mass is 10.0. The Bertz CT molecular complexity index is 1200. The highest BCUT2D eigenvalue weighted by atomic mass is 32.1. The Morgan fingerprint density at radius 2 is 1.84 bits per heavy atom. The first-order chi connectivity index (χ1) is 15.0. The molecule has 31 heavy (non-hydrogen) atoms. The van der Waals surface area contributed by atoms with Gasteiger partial charge in [0.05, 0.1) is 6.42 Å². The van der Waals surface area contributed by atoms with Crippen molar-refractivity contribution in [3.63, 3.8) is 0 Å². The summed E-state index contributed by atoms with van der Waals surface area (Å²) in [5, 5.41) is 21.2. The van der Waals surface area contributed by atoms with Crippen molar-refractivity contribution in [2.75, 3.05) is 5.32 Å². The molecular weight excluding hydrogens is 428 g/mol. The Morgan fingerprint density at radius 3 is 2.58 bits per heavy atom. The minimum atomic E-state index is -0.665. The van der Waals surface area contributed by atoms with Gasteiger partial charge in [-0.3, -0.25) is 14.9 Å². The molecule has 0 aliphatic carbocycles. The number of amides is 2. The Labute approximate surface area is 188 Å². The van der Waals surface area contributed by atoms with Crippen LogP contribution in [0.2, 0.25) is 0 Å². The molecule has 0 radical (unpaired) electrons. The van der Waals surface area contributed by atoms with Crippen molar-refractivity contribution in [2.45, 2.75) is 26.3 Å². The number of fused-ring (bicyclic) bond motifs is 1.